The van der Waals surface area contributed by atoms with Gasteiger partial charge in [0.2, 0.25) is 0 Å². The number of likely N-dealkylation sites (tertiary alicyclic amines) is 1. The van der Waals surface area contributed by atoms with Crippen molar-refractivity contribution < 1.29 is 4.79 Å². The van der Waals surface area contributed by atoms with Crippen molar-refractivity contribution in [3.05, 3.63) is 23.8 Å². The van der Waals surface area contributed by atoms with E-state index in [0.29, 0.717) is 12.1 Å². The molecule has 2 heterocycles. The Kier molecular flexibility index (Phi) is 5.52. The largest absolute Gasteiger partial charge is 0.369 e. The second-order valence-electron chi connectivity index (χ2n) is 7.62. The van der Waals surface area contributed by atoms with E-state index in [1.165, 1.54) is 5.69 Å². The lowest BCUT2D eigenvalue weighted by molar-refractivity contribution is 0.188. The average Bonchev–Trinajstić information content (AvgIpc) is 2.98. The molecule has 25 heavy (non-hydrogen) atoms. The molecule has 0 aromatic heterocycles. The highest BCUT2D eigenvalue weighted by Gasteiger charge is 2.33. The molecule has 0 spiro atoms. The van der Waals surface area contributed by atoms with Gasteiger partial charge in [-0.25, -0.2) is 4.79 Å². The van der Waals surface area contributed by atoms with E-state index in [4.69, 9.17) is 0 Å². The van der Waals surface area contributed by atoms with E-state index in [-0.39, 0.29) is 6.03 Å². The van der Waals surface area contributed by atoms with E-state index in [9.17, 15) is 4.79 Å². The molecule has 2 amide bonds. The number of anilines is 2. The Labute approximate surface area is 152 Å². The Bertz CT molecular complexity index is 610. The van der Waals surface area contributed by atoms with Crippen molar-refractivity contribution in [1.29, 1.82) is 0 Å². The van der Waals surface area contributed by atoms with Crippen LogP contribution in [0.25, 0.3) is 0 Å². The van der Waals surface area contributed by atoms with E-state index in [0.717, 1.165) is 56.7 Å². The molecule has 1 aromatic rings. The molecule has 1 aromatic carbocycles. The lowest BCUT2D eigenvalue weighted by Gasteiger charge is -2.34. The molecule has 5 heteroatoms. The zero-order chi connectivity index (χ0) is 18.0. The highest BCUT2D eigenvalue weighted by Crippen LogP contribution is 2.28. The first-order valence-electron chi connectivity index (χ1n) is 9.63. The Morgan fingerprint density at radius 1 is 1.20 bits per heavy atom. The van der Waals surface area contributed by atoms with Crippen LogP contribution in [0.4, 0.5) is 16.2 Å². The molecule has 5 nitrogen and oxygen atoms in total. The standard InChI is InChI=1S/C20H32N4O/c1-5-17-7-6-16(3)24(17)20(25)21-19-9-8-18(14-15(19)2)23-12-10-22(4)11-13-23/h8-9,14,16-17H,5-7,10-13H2,1-4H3,(H,21,25)/t16-,17-/m0/s1. The number of aryl methyl sites for hydroxylation is 1. The van der Waals surface area contributed by atoms with Gasteiger partial charge in [0.25, 0.3) is 0 Å². The number of nitrogens with one attached hydrogen (secondary N) is 1. The molecule has 3 rings (SSSR count). The molecule has 0 radical (unpaired) electrons. The number of carbonyl (C=O) groups excluding carboxylic acids is 1. The first-order chi connectivity index (χ1) is 12.0. The molecule has 138 valence electrons. The Morgan fingerprint density at radius 2 is 1.92 bits per heavy atom. The Balaban J connectivity index is 1.68. The zero-order valence-electron chi connectivity index (χ0n) is 16.1. The first kappa shape index (κ1) is 18.1. The summed E-state index contributed by atoms with van der Waals surface area (Å²) in [4.78, 5) is 19.6. The molecule has 2 saturated heterocycles. The minimum Gasteiger partial charge on any atom is -0.369 e. The van der Waals surface area contributed by atoms with Crippen LogP contribution in [-0.4, -0.2) is 61.1 Å². The van der Waals surface area contributed by atoms with Gasteiger partial charge in [-0.15, -0.1) is 0 Å². The van der Waals surface area contributed by atoms with Gasteiger partial charge in [0, 0.05) is 49.6 Å². The highest BCUT2D eigenvalue weighted by atomic mass is 16.2. The van der Waals surface area contributed by atoms with Crippen molar-refractivity contribution in [2.75, 3.05) is 43.4 Å². The van der Waals surface area contributed by atoms with E-state index in [1.54, 1.807) is 0 Å². The van der Waals surface area contributed by atoms with Crippen molar-refractivity contribution in [2.45, 2.75) is 52.1 Å². The molecule has 0 unspecified atom stereocenters. The maximum absolute atomic E-state index is 12.8. The van der Waals surface area contributed by atoms with E-state index >= 15 is 0 Å². The van der Waals surface area contributed by atoms with Gasteiger partial charge < -0.3 is 20.0 Å². The number of hydrogen-bond acceptors (Lipinski definition) is 3. The Morgan fingerprint density at radius 3 is 2.56 bits per heavy atom. The van der Waals surface area contributed by atoms with Crippen LogP contribution in [0.2, 0.25) is 0 Å². The van der Waals surface area contributed by atoms with Crippen LogP contribution >= 0.6 is 0 Å². The van der Waals surface area contributed by atoms with Crippen LogP contribution in [0.3, 0.4) is 0 Å². The number of urea groups is 1. The maximum atomic E-state index is 12.8. The topological polar surface area (TPSA) is 38.8 Å². The third kappa shape index (κ3) is 3.92. The fraction of sp³-hybridized carbons (Fsp3) is 0.650. The third-order valence-corrected chi connectivity index (χ3v) is 5.81. The second kappa shape index (κ2) is 7.65. The predicted molar refractivity (Wildman–Crippen MR) is 105 cm³/mol. The number of benzene rings is 1. The summed E-state index contributed by atoms with van der Waals surface area (Å²) >= 11 is 0. The van der Waals surface area contributed by atoms with Crippen molar-refractivity contribution in [3.8, 4) is 0 Å². The molecule has 0 saturated carbocycles. The summed E-state index contributed by atoms with van der Waals surface area (Å²) in [5.41, 5.74) is 3.31. The summed E-state index contributed by atoms with van der Waals surface area (Å²) in [7, 11) is 2.17. The number of hydrogen-bond donors (Lipinski definition) is 1. The molecule has 0 bridgehead atoms. The molecule has 2 atom stereocenters. The van der Waals surface area contributed by atoms with Crippen LogP contribution in [-0.2, 0) is 0 Å². The molecule has 2 fully saturated rings. The van der Waals surface area contributed by atoms with Gasteiger partial charge in [-0.05, 0) is 63.9 Å². The predicted octanol–water partition coefficient (Wildman–Crippen LogP) is 3.54. The van der Waals surface area contributed by atoms with Crippen molar-refractivity contribution in [1.82, 2.24) is 9.80 Å². The number of nitrogens with zero attached hydrogens (tertiary/aromatic N) is 3. The van der Waals surface area contributed by atoms with Gasteiger partial charge in [0.05, 0.1) is 0 Å². The SMILES string of the molecule is CC[C@H]1CC[C@H](C)N1C(=O)Nc1ccc(N2CCN(C)CC2)cc1C. The minimum absolute atomic E-state index is 0.0484. The smallest absolute Gasteiger partial charge is 0.322 e. The summed E-state index contributed by atoms with van der Waals surface area (Å²) in [6.45, 7) is 10.7. The van der Waals surface area contributed by atoms with Gasteiger partial charge in [-0.2, -0.15) is 0 Å². The van der Waals surface area contributed by atoms with Crippen molar-refractivity contribution >= 4 is 17.4 Å². The minimum atomic E-state index is 0.0484. The number of rotatable bonds is 3. The van der Waals surface area contributed by atoms with Crippen LogP contribution in [0, 0.1) is 6.92 Å². The molecule has 2 aliphatic rings. The van der Waals surface area contributed by atoms with Gasteiger partial charge >= 0.3 is 6.03 Å². The number of amides is 2. The molecular weight excluding hydrogens is 312 g/mol. The van der Waals surface area contributed by atoms with E-state index < -0.39 is 0 Å². The van der Waals surface area contributed by atoms with Crippen LogP contribution < -0.4 is 10.2 Å². The van der Waals surface area contributed by atoms with E-state index in [2.05, 4.69) is 61.1 Å². The molecule has 1 N–H and O–H groups in total. The lowest BCUT2D eigenvalue weighted by atomic mass is 10.1. The van der Waals surface area contributed by atoms with Gasteiger partial charge in [0.15, 0.2) is 0 Å². The Hall–Kier alpha value is -1.75. The normalized spacial score (nSPS) is 24.6. The quantitative estimate of drug-likeness (QED) is 0.911. The summed E-state index contributed by atoms with van der Waals surface area (Å²) in [6.07, 6.45) is 3.25. The summed E-state index contributed by atoms with van der Waals surface area (Å²) in [6, 6.07) is 7.15. The monoisotopic (exact) mass is 344 g/mol. The summed E-state index contributed by atoms with van der Waals surface area (Å²) in [5.74, 6) is 0. The lowest BCUT2D eigenvalue weighted by Crippen LogP contribution is -2.44. The number of carbonyl (C=O) groups is 1. The zero-order valence-corrected chi connectivity index (χ0v) is 16.1. The van der Waals surface area contributed by atoms with Crippen LogP contribution in [0.1, 0.15) is 38.7 Å². The van der Waals surface area contributed by atoms with Gasteiger partial charge in [0.1, 0.15) is 0 Å². The first-order valence-corrected chi connectivity index (χ1v) is 9.63. The highest BCUT2D eigenvalue weighted by molar-refractivity contribution is 5.91. The molecule has 2 aliphatic heterocycles. The van der Waals surface area contributed by atoms with Crippen LogP contribution in [0.5, 0.6) is 0 Å². The number of likely N-dealkylation sites (N-methyl/N-ethyl adjacent to an activating group) is 1. The molecule has 0 aliphatic carbocycles. The fourth-order valence-electron chi connectivity index (χ4n) is 4.07. The third-order valence-electron chi connectivity index (χ3n) is 5.81. The number of piperazine rings is 1. The molecular formula is C20H32N4O. The van der Waals surface area contributed by atoms with Gasteiger partial charge in [-0.3, -0.25) is 0 Å². The van der Waals surface area contributed by atoms with Crippen molar-refractivity contribution in [3.63, 3.8) is 0 Å². The van der Waals surface area contributed by atoms with Crippen LogP contribution in [0.15, 0.2) is 18.2 Å². The second-order valence-corrected chi connectivity index (χ2v) is 7.62. The maximum Gasteiger partial charge on any atom is 0.322 e. The van der Waals surface area contributed by atoms with E-state index in [1.807, 2.05) is 4.90 Å². The summed E-state index contributed by atoms with van der Waals surface area (Å²) < 4.78 is 0. The average molecular weight is 345 g/mol. The fourth-order valence-corrected chi connectivity index (χ4v) is 4.07. The van der Waals surface area contributed by atoms with Gasteiger partial charge in [-0.1, -0.05) is 6.92 Å². The summed E-state index contributed by atoms with van der Waals surface area (Å²) in [5, 5.41) is 3.14. The van der Waals surface area contributed by atoms with Crippen molar-refractivity contribution in [2.24, 2.45) is 0 Å².